The maximum absolute atomic E-state index is 10.8. The van der Waals surface area contributed by atoms with E-state index in [2.05, 4.69) is 0 Å². The van der Waals surface area contributed by atoms with Gasteiger partial charge in [0.05, 0.1) is 6.26 Å². The summed E-state index contributed by atoms with van der Waals surface area (Å²) < 4.78 is 10.0. The Bertz CT molecular complexity index is 398. The summed E-state index contributed by atoms with van der Waals surface area (Å²) in [7, 11) is 0. The predicted molar refractivity (Wildman–Crippen MR) is 43.8 cm³/mol. The molecule has 0 aliphatic carbocycles. The third-order valence-corrected chi connectivity index (χ3v) is 1.46. The number of ether oxygens (including phenoxy) is 1. The van der Waals surface area contributed by atoms with Gasteiger partial charge in [-0.3, -0.25) is 0 Å². The van der Waals surface area contributed by atoms with Gasteiger partial charge in [-0.05, 0) is 18.2 Å². The molecule has 0 spiro atoms. The van der Waals surface area contributed by atoms with Gasteiger partial charge in [-0.25, -0.2) is 4.79 Å². The molecule has 0 N–H and O–H groups in total. The van der Waals surface area contributed by atoms with Crippen molar-refractivity contribution >= 4 is 6.08 Å². The first-order chi connectivity index (χ1) is 5.86. The van der Waals surface area contributed by atoms with Crippen LogP contribution >= 0.6 is 0 Å². The van der Waals surface area contributed by atoms with Crippen molar-refractivity contribution in [1.82, 2.24) is 0 Å². The molecule has 1 aromatic heterocycles. The highest BCUT2D eigenvalue weighted by atomic mass is 16.5. The van der Waals surface area contributed by atoms with Crippen molar-refractivity contribution in [3.8, 4) is 5.75 Å². The molecule has 0 radical (unpaired) electrons. The average Bonchev–Trinajstić information content (AvgIpc) is 2.28. The minimum Gasteiger partial charge on any atom is -0.461 e. The van der Waals surface area contributed by atoms with E-state index < -0.39 is 0 Å². The van der Waals surface area contributed by atoms with Crippen LogP contribution in [0.25, 0.3) is 6.08 Å². The Kier molecular flexibility index (Phi) is 1.55. The van der Waals surface area contributed by atoms with Gasteiger partial charge in [0.2, 0.25) is 0 Å². The van der Waals surface area contributed by atoms with Crippen molar-refractivity contribution in [2.45, 2.75) is 0 Å². The van der Waals surface area contributed by atoms with Crippen LogP contribution in [-0.4, -0.2) is 0 Å². The van der Waals surface area contributed by atoms with Crippen LogP contribution in [0.2, 0.25) is 0 Å². The maximum atomic E-state index is 10.8. The molecule has 3 heteroatoms. The number of allylic oxidation sites excluding steroid dienone is 2. The molecular weight excluding hydrogens is 156 g/mol. The first kappa shape index (κ1) is 6.91. The van der Waals surface area contributed by atoms with Crippen molar-refractivity contribution in [2.75, 3.05) is 0 Å². The lowest BCUT2D eigenvalue weighted by molar-refractivity contribution is 0.425. The highest BCUT2D eigenvalue weighted by Gasteiger charge is 2.03. The van der Waals surface area contributed by atoms with E-state index in [0.717, 1.165) is 0 Å². The van der Waals surface area contributed by atoms with Gasteiger partial charge in [0.1, 0.15) is 0 Å². The van der Waals surface area contributed by atoms with E-state index in [0.29, 0.717) is 11.5 Å². The largest absolute Gasteiger partial charge is 0.461 e. The summed E-state index contributed by atoms with van der Waals surface area (Å²) >= 11 is 0. The number of rotatable bonds is 0. The fraction of sp³-hybridized carbons (Fsp3) is 0. The van der Waals surface area contributed by atoms with Crippen molar-refractivity contribution < 1.29 is 9.15 Å². The second-order valence-corrected chi connectivity index (χ2v) is 2.29. The summed E-state index contributed by atoms with van der Waals surface area (Å²) in [5.74, 6) is 1.01. The Morgan fingerprint density at radius 3 is 3.00 bits per heavy atom. The highest BCUT2D eigenvalue weighted by molar-refractivity contribution is 5.53. The number of hydrogen-bond acceptors (Lipinski definition) is 3. The molecule has 12 heavy (non-hydrogen) atoms. The summed E-state index contributed by atoms with van der Waals surface area (Å²) in [5.41, 5.74) is -0.371. The highest BCUT2D eigenvalue weighted by Crippen LogP contribution is 2.19. The fourth-order valence-corrected chi connectivity index (χ4v) is 0.933. The first-order valence-corrected chi connectivity index (χ1v) is 3.50. The number of fused-ring (bicyclic) bond motifs is 1. The molecule has 0 unspecified atom stereocenters. The van der Waals surface area contributed by atoms with Crippen LogP contribution in [0.3, 0.4) is 0 Å². The first-order valence-electron chi connectivity index (χ1n) is 3.50. The molecule has 2 heterocycles. The minimum absolute atomic E-state index is 0.371. The Morgan fingerprint density at radius 2 is 2.08 bits per heavy atom. The van der Waals surface area contributed by atoms with E-state index in [1.165, 1.54) is 12.3 Å². The molecule has 1 aromatic rings. The SMILES string of the molecule is O=c1ccc2c(o1)C=CC=CO2. The van der Waals surface area contributed by atoms with Crippen molar-refractivity contribution in [2.24, 2.45) is 0 Å². The van der Waals surface area contributed by atoms with Crippen molar-refractivity contribution in [3.05, 3.63) is 46.7 Å². The zero-order chi connectivity index (χ0) is 8.39. The van der Waals surface area contributed by atoms with E-state index >= 15 is 0 Å². The molecule has 0 fully saturated rings. The molecule has 0 saturated carbocycles. The maximum Gasteiger partial charge on any atom is 0.336 e. The van der Waals surface area contributed by atoms with Gasteiger partial charge in [-0.1, -0.05) is 6.08 Å². The lowest BCUT2D eigenvalue weighted by atomic mass is 10.3. The normalized spacial score (nSPS) is 13.3. The van der Waals surface area contributed by atoms with Gasteiger partial charge in [0.25, 0.3) is 0 Å². The monoisotopic (exact) mass is 162 g/mol. The third kappa shape index (κ3) is 1.16. The molecule has 60 valence electrons. The van der Waals surface area contributed by atoms with Crippen LogP contribution in [0, 0.1) is 0 Å². The Hall–Kier alpha value is -1.77. The van der Waals surface area contributed by atoms with Crippen molar-refractivity contribution in [3.63, 3.8) is 0 Å². The standard InChI is InChI=1S/C9H6O3/c10-9-5-4-7-8(12-9)3-1-2-6-11-7/h1-6H. The van der Waals surface area contributed by atoms with E-state index in [1.807, 2.05) is 0 Å². The Labute approximate surface area is 68.6 Å². The van der Waals surface area contributed by atoms with Gasteiger partial charge in [-0.2, -0.15) is 0 Å². The van der Waals surface area contributed by atoms with Gasteiger partial charge in [-0.15, -0.1) is 0 Å². The van der Waals surface area contributed by atoms with Gasteiger partial charge >= 0.3 is 5.63 Å². The van der Waals surface area contributed by atoms with E-state index in [9.17, 15) is 4.79 Å². The molecule has 1 aliphatic rings. The van der Waals surface area contributed by atoms with Gasteiger partial charge < -0.3 is 9.15 Å². The van der Waals surface area contributed by atoms with E-state index in [4.69, 9.17) is 9.15 Å². The summed E-state index contributed by atoms with van der Waals surface area (Å²) in [4.78, 5) is 10.8. The lowest BCUT2D eigenvalue weighted by Gasteiger charge is -1.99. The number of hydrogen-bond donors (Lipinski definition) is 0. The molecule has 0 atom stereocenters. The second kappa shape index (κ2) is 2.70. The summed E-state index contributed by atoms with van der Waals surface area (Å²) in [6.45, 7) is 0. The topological polar surface area (TPSA) is 39.4 Å². The van der Waals surface area contributed by atoms with E-state index in [1.54, 1.807) is 24.3 Å². The average molecular weight is 162 g/mol. The van der Waals surface area contributed by atoms with Gasteiger partial charge in [0, 0.05) is 6.07 Å². The predicted octanol–water partition coefficient (Wildman–Crippen LogP) is 1.56. The summed E-state index contributed by atoms with van der Waals surface area (Å²) in [5, 5.41) is 0. The summed E-state index contributed by atoms with van der Waals surface area (Å²) in [6, 6.07) is 2.91. The minimum atomic E-state index is -0.371. The molecule has 0 saturated heterocycles. The molecule has 0 bridgehead atoms. The van der Waals surface area contributed by atoms with Crippen molar-refractivity contribution in [1.29, 1.82) is 0 Å². The summed E-state index contributed by atoms with van der Waals surface area (Å²) in [6.07, 6.45) is 6.68. The molecule has 0 amide bonds. The van der Waals surface area contributed by atoms with Crippen LogP contribution < -0.4 is 10.4 Å². The van der Waals surface area contributed by atoms with Gasteiger partial charge in [0.15, 0.2) is 11.5 Å². The quantitative estimate of drug-likeness (QED) is 0.581. The fourth-order valence-electron chi connectivity index (χ4n) is 0.933. The second-order valence-electron chi connectivity index (χ2n) is 2.29. The smallest absolute Gasteiger partial charge is 0.336 e. The lowest BCUT2D eigenvalue weighted by Crippen LogP contribution is -1.97. The van der Waals surface area contributed by atoms with E-state index in [-0.39, 0.29) is 5.63 Å². The zero-order valence-electron chi connectivity index (χ0n) is 6.19. The van der Waals surface area contributed by atoms with Crippen LogP contribution in [0.15, 0.2) is 39.8 Å². The molecule has 3 nitrogen and oxygen atoms in total. The van der Waals surface area contributed by atoms with Crippen LogP contribution in [0.4, 0.5) is 0 Å². The Morgan fingerprint density at radius 1 is 1.17 bits per heavy atom. The Balaban J connectivity index is 2.60. The molecule has 2 rings (SSSR count). The van der Waals surface area contributed by atoms with Crippen LogP contribution in [-0.2, 0) is 0 Å². The van der Waals surface area contributed by atoms with Crippen LogP contribution in [0.5, 0.6) is 5.75 Å². The zero-order valence-corrected chi connectivity index (χ0v) is 6.19. The molecule has 0 aromatic carbocycles. The molecular formula is C9H6O3. The molecule has 1 aliphatic heterocycles. The third-order valence-electron chi connectivity index (χ3n) is 1.46. The van der Waals surface area contributed by atoms with Crippen LogP contribution in [0.1, 0.15) is 5.76 Å².